The highest BCUT2D eigenvalue weighted by Gasteiger charge is 2.27. The molecule has 1 saturated heterocycles. The van der Waals surface area contributed by atoms with Gasteiger partial charge in [0.05, 0.1) is 6.10 Å². The molecule has 0 aromatic rings. The smallest absolute Gasteiger partial charge is 0.378 e. The summed E-state index contributed by atoms with van der Waals surface area (Å²) in [6.45, 7) is -0.380. The first-order valence-electron chi connectivity index (χ1n) is 5.49. The van der Waals surface area contributed by atoms with Crippen LogP contribution in [0.1, 0.15) is 25.7 Å². The summed E-state index contributed by atoms with van der Waals surface area (Å²) in [5, 5.41) is 0. The predicted molar refractivity (Wildman–Crippen MR) is 53.1 cm³/mol. The minimum atomic E-state index is -4.25. The Morgan fingerprint density at radius 3 is 2.75 bits per heavy atom. The van der Waals surface area contributed by atoms with Gasteiger partial charge in [0.2, 0.25) is 0 Å². The highest BCUT2D eigenvalue weighted by Crippen LogP contribution is 2.18. The van der Waals surface area contributed by atoms with Crippen molar-refractivity contribution in [2.45, 2.75) is 44.0 Å². The second kappa shape index (κ2) is 6.42. The van der Waals surface area contributed by atoms with E-state index in [1.165, 1.54) is 0 Å². The van der Waals surface area contributed by atoms with E-state index in [-0.39, 0.29) is 18.8 Å². The van der Waals surface area contributed by atoms with Gasteiger partial charge in [-0.3, -0.25) is 0 Å². The molecule has 3 nitrogen and oxygen atoms in total. The van der Waals surface area contributed by atoms with Crippen LogP contribution in [-0.4, -0.2) is 38.1 Å². The molecule has 1 rings (SSSR count). The van der Waals surface area contributed by atoms with Crippen molar-refractivity contribution < 1.29 is 22.6 Å². The van der Waals surface area contributed by atoms with Crippen LogP contribution in [0, 0.1) is 0 Å². The molecule has 2 atom stereocenters. The maximum Gasteiger partial charge on any atom is 0.411 e. The number of halogens is 3. The summed E-state index contributed by atoms with van der Waals surface area (Å²) >= 11 is 0. The summed E-state index contributed by atoms with van der Waals surface area (Å²) in [4.78, 5) is 0. The fraction of sp³-hybridized carbons (Fsp3) is 1.00. The van der Waals surface area contributed by atoms with E-state index in [2.05, 4.69) is 4.74 Å². The average molecular weight is 241 g/mol. The Kier molecular flexibility index (Phi) is 5.51. The quantitative estimate of drug-likeness (QED) is 0.722. The van der Waals surface area contributed by atoms with Crippen molar-refractivity contribution in [3.8, 4) is 0 Å². The lowest BCUT2D eigenvalue weighted by Crippen LogP contribution is -2.28. The van der Waals surface area contributed by atoms with Gasteiger partial charge < -0.3 is 15.2 Å². The van der Waals surface area contributed by atoms with Gasteiger partial charge in [-0.15, -0.1) is 0 Å². The molecule has 2 unspecified atom stereocenters. The van der Waals surface area contributed by atoms with Crippen molar-refractivity contribution in [1.82, 2.24) is 0 Å². The fourth-order valence-corrected chi connectivity index (χ4v) is 1.71. The zero-order valence-electron chi connectivity index (χ0n) is 9.13. The molecule has 0 aliphatic carbocycles. The Hall–Kier alpha value is -0.330. The molecule has 2 N–H and O–H groups in total. The van der Waals surface area contributed by atoms with Crippen LogP contribution in [0.5, 0.6) is 0 Å². The van der Waals surface area contributed by atoms with E-state index < -0.39 is 12.8 Å². The molecular formula is C10H18F3NO2. The van der Waals surface area contributed by atoms with Crippen molar-refractivity contribution >= 4 is 0 Å². The standard InChI is InChI=1S/C10H18F3NO2/c11-10(12,13)7-15-5-3-8(14)6-9-2-1-4-16-9/h8-9H,1-7,14H2. The molecular weight excluding hydrogens is 223 g/mol. The van der Waals surface area contributed by atoms with Crippen LogP contribution < -0.4 is 5.73 Å². The van der Waals surface area contributed by atoms with Crippen molar-refractivity contribution in [2.24, 2.45) is 5.73 Å². The van der Waals surface area contributed by atoms with Gasteiger partial charge in [0.1, 0.15) is 6.61 Å². The maximum atomic E-state index is 11.7. The topological polar surface area (TPSA) is 44.5 Å². The second-order valence-electron chi connectivity index (χ2n) is 4.09. The third kappa shape index (κ3) is 6.30. The average Bonchev–Trinajstić information content (AvgIpc) is 2.63. The van der Waals surface area contributed by atoms with Gasteiger partial charge in [0.25, 0.3) is 0 Å². The second-order valence-corrected chi connectivity index (χ2v) is 4.09. The van der Waals surface area contributed by atoms with E-state index in [0.717, 1.165) is 19.4 Å². The van der Waals surface area contributed by atoms with Crippen LogP contribution in [0.25, 0.3) is 0 Å². The van der Waals surface area contributed by atoms with Crippen LogP contribution in [-0.2, 0) is 9.47 Å². The highest BCUT2D eigenvalue weighted by molar-refractivity contribution is 4.72. The van der Waals surface area contributed by atoms with Crippen LogP contribution in [0.15, 0.2) is 0 Å². The van der Waals surface area contributed by atoms with E-state index in [1.54, 1.807) is 0 Å². The van der Waals surface area contributed by atoms with E-state index >= 15 is 0 Å². The first kappa shape index (κ1) is 13.7. The largest absolute Gasteiger partial charge is 0.411 e. The molecule has 16 heavy (non-hydrogen) atoms. The minimum absolute atomic E-state index is 0.0490. The van der Waals surface area contributed by atoms with Gasteiger partial charge in [0, 0.05) is 19.3 Å². The van der Waals surface area contributed by atoms with Crippen LogP contribution in [0.4, 0.5) is 13.2 Å². The summed E-state index contributed by atoms with van der Waals surface area (Å²) in [5.41, 5.74) is 5.76. The molecule has 6 heteroatoms. The molecule has 1 fully saturated rings. The zero-order valence-corrected chi connectivity index (χ0v) is 9.13. The van der Waals surface area contributed by atoms with Gasteiger partial charge in [-0.25, -0.2) is 0 Å². The lowest BCUT2D eigenvalue weighted by atomic mass is 10.1. The molecule has 1 heterocycles. The molecule has 0 aromatic heterocycles. The van der Waals surface area contributed by atoms with Crippen LogP contribution in [0.2, 0.25) is 0 Å². The molecule has 0 radical (unpaired) electrons. The normalized spacial score (nSPS) is 23.6. The predicted octanol–water partition coefficient (Wildman–Crippen LogP) is 1.85. The summed E-state index contributed by atoms with van der Waals surface area (Å²) in [5.74, 6) is 0. The minimum Gasteiger partial charge on any atom is -0.378 e. The Labute approximate surface area is 93.1 Å². The van der Waals surface area contributed by atoms with Gasteiger partial charge >= 0.3 is 6.18 Å². The Morgan fingerprint density at radius 2 is 2.19 bits per heavy atom. The van der Waals surface area contributed by atoms with E-state index in [1.807, 2.05) is 0 Å². The third-order valence-corrected chi connectivity index (χ3v) is 2.49. The molecule has 0 amide bonds. The van der Waals surface area contributed by atoms with Crippen molar-refractivity contribution in [3.05, 3.63) is 0 Å². The first-order chi connectivity index (χ1) is 7.47. The number of nitrogens with two attached hydrogens (primary N) is 1. The lowest BCUT2D eigenvalue weighted by molar-refractivity contribution is -0.174. The van der Waals surface area contributed by atoms with Crippen LogP contribution >= 0.6 is 0 Å². The van der Waals surface area contributed by atoms with Gasteiger partial charge in [-0.2, -0.15) is 13.2 Å². The number of hydrogen-bond donors (Lipinski definition) is 1. The molecule has 1 aliphatic rings. The SMILES string of the molecule is NC(CCOCC(F)(F)F)CC1CCCO1. The van der Waals surface area contributed by atoms with E-state index in [4.69, 9.17) is 10.5 Å². The third-order valence-electron chi connectivity index (χ3n) is 2.49. The zero-order chi connectivity index (χ0) is 12.0. The monoisotopic (exact) mass is 241 g/mol. The van der Waals surface area contributed by atoms with Crippen molar-refractivity contribution in [3.63, 3.8) is 0 Å². The maximum absolute atomic E-state index is 11.7. The molecule has 96 valence electrons. The molecule has 1 aliphatic heterocycles. The number of hydrogen-bond acceptors (Lipinski definition) is 3. The van der Waals surface area contributed by atoms with Gasteiger partial charge in [-0.1, -0.05) is 0 Å². The number of rotatable bonds is 6. The lowest BCUT2D eigenvalue weighted by Gasteiger charge is -2.16. The van der Waals surface area contributed by atoms with E-state index in [0.29, 0.717) is 12.8 Å². The number of ether oxygens (including phenoxy) is 2. The van der Waals surface area contributed by atoms with Crippen molar-refractivity contribution in [2.75, 3.05) is 19.8 Å². The van der Waals surface area contributed by atoms with Crippen molar-refractivity contribution in [1.29, 1.82) is 0 Å². The first-order valence-corrected chi connectivity index (χ1v) is 5.49. The van der Waals surface area contributed by atoms with E-state index in [9.17, 15) is 13.2 Å². The molecule has 0 aromatic carbocycles. The van der Waals surface area contributed by atoms with Crippen LogP contribution in [0.3, 0.4) is 0 Å². The number of alkyl halides is 3. The van der Waals surface area contributed by atoms with Gasteiger partial charge in [-0.05, 0) is 25.7 Å². The summed E-state index contributed by atoms with van der Waals surface area (Å²) < 4.78 is 45.1. The Balaban J connectivity index is 1.99. The van der Waals surface area contributed by atoms with Gasteiger partial charge in [0.15, 0.2) is 0 Å². The summed E-state index contributed by atoms with van der Waals surface area (Å²) in [7, 11) is 0. The highest BCUT2D eigenvalue weighted by atomic mass is 19.4. The molecule has 0 bridgehead atoms. The fourth-order valence-electron chi connectivity index (χ4n) is 1.71. The summed E-state index contributed by atoms with van der Waals surface area (Å²) in [6, 6.07) is -0.142. The Bertz CT molecular complexity index is 193. The molecule has 0 saturated carbocycles. The summed E-state index contributed by atoms with van der Waals surface area (Å²) in [6.07, 6.45) is -0.888. The molecule has 0 spiro atoms. The Morgan fingerprint density at radius 1 is 1.44 bits per heavy atom.